The van der Waals surface area contributed by atoms with Crippen LogP contribution in [0.2, 0.25) is 0 Å². The third-order valence-corrected chi connectivity index (χ3v) is 28.7. The molecule has 4 atom stereocenters. The first kappa shape index (κ1) is 104. The zero-order valence-electron chi connectivity index (χ0n) is 82.4. The largest absolute Gasteiger partial charge is 0.481 e. The van der Waals surface area contributed by atoms with Gasteiger partial charge in [-0.15, -0.1) is 12.8 Å². The first-order valence-electron chi connectivity index (χ1n) is 47.5. The summed E-state index contributed by atoms with van der Waals surface area (Å²) in [6.07, 6.45) is 33.9. The number of allylic oxidation sites excluding steroid dienone is 2. The molecule has 4 unspecified atom stereocenters. The molecule has 12 heterocycles. The van der Waals surface area contributed by atoms with E-state index >= 15 is 0 Å². The van der Waals surface area contributed by atoms with Crippen LogP contribution in [-0.2, 0) is 42.5 Å². The van der Waals surface area contributed by atoms with Crippen LogP contribution in [-0.4, -0.2) is 132 Å². The van der Waals surface area contributed by atoms with Crippen LogP contribution in [0.3, 0.4) is 0 Å². The van der Waals surface area contributed by atoms with Crippen LogP contribution in [0.5, 0.6) is 17.4 Å². The van der Waals surface area contributed by atoms with E-state index in [2.05, 4.69) is 120 Å². The minimum Gasteiger partial charge on any atom is -0.481 e. The van der Waals surface area contributed by atoms with E-state index in [0.717, 1.165) is 123 Å². The van der Waals surface area contributed by atoms with E-state index in [-0.39, 0.29) is 58.9 Å². The summed E-state index contributed by atoms with van der Waals surface area (Å²) in [6.45, 7) is 24.2. The van der Waals surface area contributed by atoms with Crippen molar-refractivity contribution in [3.05, 3.63) is 384 Å². The second kappa shape index (κ2) is 46.5. The molecular weight excluding hydrogens is 1890 g/mol. The average Bonchev–Trinajstić information content (AvgIpc) is 1.70. The van der Waals surface area contributed by atoms with Crippen LogP contribution >= 0.6 is 0 Å². The van der Waals surface area contributed by atoms with Crippen LogP contribution < -0.4 is 60.7 Å². The van der Waals surface area contributed by atoms with E-state index < -0.39 is 54.6 Å². The fourth-order valence-electron chi connectivity index (χ4n) is 17.2. The average molecular weight is 2000 g/mol. The lowest BCUT2D eigenvalue weighted by atomic mass is 10.0. The molecule has 0 bridgehead atoms. The molecule has 146 heavy (non-hydrogen) atoms. The lowest BCUT2D eigenvalue weighted by Crippen LogP contribution is -2.40. The van der Waals surface area contributed by atoms with E-state index in [4.69, 9.17) is 27.1 Å². The summed E-state index contributed by atoms with van der Waals surface area (Å²) < 4.78 is 80.5. The number of pyridine rings is 6. The van der Waals surface area contributed by atoms with Gasteiger partial charge in [0.2, 0.25) is 17.7 Å². The number of amides is 2. The van der Waals surface area contributed by atoms with Crippen LogP contribution in [0, 0.1) is 106 Å². The smallest absolute Gasteiger partial charge is 0.430 e. The van der Waals surface area contributed by atoms with Crippen LogP contribution in [0.1, 0.15) is 147 Å². The molecule has 744 valence electrons. The molecule has 2 aliphatic carbocycles. The Kier molecular flexibility index (Phi) is 33.0. The van der Waals surface area contributed by atoms with Crippen molar-refractivity contribution in [1.82, 2.24) is 39.0 Å². The van der Waals surface area contributed by atoms with E-state index in [1.54, 1.807) is 79.4 Å². The SMILES string of the molecule is C#CCOc1ccc(/C=C/C(=O)n2c(=O)oc(=O)c3cccnc32)cc1C.C#CCOc1ccc(/C=C/C(=O)n2c(=O)oc(=O)c3ncccc32)cc1C.Cc1ccc(/C=C/S(=O)(=O)N2CCCc3cccnc32)cc1C.Cc1ccc(/C=C/S(=O)(=O)N2CCCc3ncccc32)cc1C.Cc1ccc(C2CC2C(=O)N2CCNc3cccnc32)cc1C.Cc1ccc(C2CC2C(=O)N2CCOc3ncccc32)cc1C. The number of terminal acetylenes is 2. The number of nitrogens with zero attached hydrogens (tertiary/aromatic N) is 12. The molecule has 14 aromatic rings. The Hall–Kier alpha value is -16.8. The van der Waals surface area contributed by atoms with E-state index in [9.17, 15) is 55.2 Å². The van der Waals surface area contributed by atoms with Gasteiger partial charge in [-0.3, -0.25) is 37.7 Å². The predicted molar refractivity (Wildman–Crippen MR) is 568 cm³/mol. The Morgan fingerprint density at radius 3 is 1.52 bits per heavy atom. The lowest BCUT2D eigenvalue weighted by molar-refractivity contribution is -0.120. The summed E-state index contributed by atoms with van der Waals surface area (Å²) in [4.78, 5) is 127. The van der Waals surface area contributed by atoms with Crippen LogP contribution in [0.15, 0.2) is 270 Å². The molecule has 0 radical (unpaired) electrons. The number of aryl methyl sites for hydroxylation is 12. The molecule has 2 saturated carbocycles. The van der Waals surface area contributed by atoms with Crippen molar-refractivity contribution in [3.63, 3.8) is 0 Å². The minimum absolute atomic E-state index is 0.0460. The molecule has 32 heteroatoms. The normalized spacial score (nSPS) is 15.7. The lowest BCUT2D eigenvalue weighted by Gasteiger charge is -2.29. The molecule has 0 spiro atoms. The zero-order chi connectivity index (χ0) is 104. The quantitative estimate of drug-likeness (QED) is 0.0616. The van der Waals surface area contributed by atoms with Gasteiger partial charge in [0, 0.05) is 87.3 Å². The Morgan fingerprint density at radius 2 is 0.925 bits per heavy atom. The highest BCUT2D eigenvalue weighted by Gasteiger charge is 2.48. The maximum Gasteiger partial charge on any atom is 0.430 e. The van der Waals surface area contributed by atoms with E-state index in [1.165, 1.54) is 119 Å². The molecular formula is C114H109N13O17S2. The number of hydrogen-bond acceptors (Lipinski definition) is 24. The predicted octanol–water partition coefficient (Wildman–Crippen LogP) is 17.4. The summed E-state index contributed by atoms with van der Waals surface area (Å²) in [7, 11) is -7.03. The van der Waals surface area contributed by atoms with Crippen molar-refractivity contribution in [2.75, 3.05) is 76.3 Å². The van der Waals surface area contributed by atoms with Gasteiger partial charge < -0.3 is 33.3 Å². The van der Waals surface area contributed by atoms with Gasteiger partial charge in [-0.25, -0.2) is 65.5 Å². The second-order valence-electron chi connectivity index (χ2n) is 35.8. The van der Waals surface area contributed by atoms with Crippen molar-refractivity contribution in [1.29, 1.82) is 0 Å². The van der Waals surface area contributed by atoms with Gasteiger partial charge in [-0.1, -0.05) is 103 Å². The van der Waals surface area contributed by atoms with Gasteiger partial charge in [-0.2, -0.15) is 4.57 Å². The maximum atomic E-state index is 12.9. The van der Waals surface area contributed by atoms with Crippen molar-refractivity contribution >= 4 is 119 Å². The molecule has 4 aliphatic heterocycles. The van der Waals surface area contributed by atoms with Crippen molar-refractivity contribution in [2.24, 2.45) is 11.8 Å². The number of ether oxygens (including phenoxy) is 3. The third-order valence-electron chi connectivity index (χ3n) is 25.8. The number of nitrogens with one attached hydrogen (secondary N) is 1. The number of benzene rings is 6. The number of fused-ring (bicyclic) bond motifs is 6. The number of carbonyl (C=O) groups excluding carboxylic acids is 4. The van der Waals surface area contributed by atoms with Crippen molar-refractivity contribution < 1.29 is 59.1 Å². The van der Waals surface area contributed by atoms with Gasteiger partial charge in [0.05, 0.1) is 39.9 Å². The molecule has 0 saturated heterocycles. The highest BCUT2D eigenvalue weighted by atomic mass is 32.2. The van der Waals surface area contributed by atoms with Gasteiger partial charge >= 0.3 is 22.8 Å². The van der Waals surface area contributed by atoms with Gasteiger partial charge in [-0.05, 0) is 329 Å². The first-order chi connectivity index (χ1) is 70.3. The minimum atomic E-state index is -3.53. The van der Waals surface area contributed by atoms with Crippen molar-refractivity contribution in [3.8, 4) is 42.1 Å². The number of rotatable bonds is 18. The standard InChI is InChI=1S/2C20H14N2O5.C19H21N3O.C19H20N2O2.2C18H20N2O2S/c1-3-11-26-16-8-6-14(12-13(16)2)7-9-17(23)22-15-5-4-10-21-18(15)19(24)27-20(22)25;1-3-11-26-16-8-6-14(12-13(16)2)7-9-17(23)22-18-15(5-4-10-21-18)19(24)27-20(22)25;1-12-5-6-14(10-13(12)2)15-11-16(15)19(23)22-9-8-20-17-4-3-7-21-18(17)22;1-12-5-6-14(10-13(12)2)15-11-16(15)19(22)21-8-9-23-18-17(21)4-3-7-20-18;1-14-7-8-16(13-15(14)2)9-12-23(21,22)20-11-4-5-17-18(20)6-3-10-19-17;1-14-7-8-16(13-15(14)2)9-12-23(21,22)20-11-4-6-17-5-3-10-19-18(17)20/h2*1,4-10,12H,11H2,2H3;3-7,10,15-16,20H,8-9,11H2,1-2H3;3-7,10,15-16H,8-9,11H2,1-2H3;3,6-10,12-13H,4-5,11H2,1-2H3;3,5,7-10,12-13H,4,6,11H2,1-2H3/b2*9-7+;;;2*12-9+. The fraction of sp³-hybridized carbons (Fsp3) is 0.246. The Balaban J connectivity index is 0.000000132. The number of aromatic nitrogens is 8. The highest BCUT2D eigenvalue weighted by molar-refractivity contribution is 7.96. The first-order valence-corrected chi connectivity index (χ1v) is 50.6. The van der Waals surface area contributed by atoms with Crippen molar-refractivity contribution in [2.45, 2.75) is 120 Å². The number of hydrogen-bond donors (Lipinski definition) is 1. The summed E-state index contributed by atoms with van der Waals surface area (Å²) in [5, 5.41) is 5.92. The molecule has 2 amide bonds. The summed E-state index contributed by atoms with van der Waals surface area (Å²) in [6, 6.07) is 56.5. The van der Waals surface area contributed by atoms with Crippen LogP contribution in [0.25, 0.3) is 46.4 Å². The molecule has 20 rings (SSSR count). The van der Waals surface area contributed by atoms with E-state index in [0.29, 0.717) is 78.1 Å². The Labute approximate surface area is 845 Å². The fourth-order valence-corrected chi connectivity index (χ4v) is 19.7. The molecule has 1 N–H and O–H groups in total. The second-order valence-corrected chi connectivity index (χ2v) is 39.3. The number of anilines is 5. The maximum absolute atomic E-state index is 12.9. The van der Waals surface area contributed by atoms with Crippen LogP contribution in [0.4, 0.5) is 28.7 Å². The van der Waals surface area contributed by atoms with Gasteiger partial charge in [0.15, 0.2) is 17.0 Å². The van der Waals surface area contributed by atoms with Gasteiger partial charge in [0.1, 0.15) is 48.2 Å². The Bertz CT molecular complexity index is 7620. The third kappa shape index (κ3) is 24.9. The molecule has 2 fully saturated rings. The highest BCUT2D eigenvalue weighted by Crippen LogP contribution is 2.51. The molecule has 8 aromatic heterocycles. The topological polar surface area (TPSA) is 371 Å². The monoisotopic (exact) mass is 2000 g/mol. The number of carbonyl (C=O) groups is 4. The summed E-state index contributed by atoms with van der Waals surface area (Å²) >= 11 is 0. The van der Waals surface area contributed by atoms with Gasteiger partial charge in [0.25, 0.3) is 31.9 Å². The summed E-state index contributed by atoms with van der Waals surface area (Å²) in [5.74, 6) is 5.80. The molecule has 30 nitrogen and oxygen atoms in total. The van der Waals surface area contributed by atoms with E-state index in [1.807, 2.05) is 136 Å². The molecule has 6 aromatic carbocycles. The Morgan fingerprint density at radius 1 is 0.452 bits per heavy atom. The zero-order valence-corrected chi connectivity index (χ0v) is 84.0. The number of sulfonamides is 2. The molecule has 6 aliphatic rings. The summed E-state index contributed by atoms with van der Waals surface area (Å²) in [5.41, 5.74) is 19.9.